The molecule has 2 atom stereocenters. The van der Waals surface area contributed by atoms with Gasteiger partial charge in [0.1, 0.15) is 5.54 Å². The monoisotopic (exact) mass is 374 g/mol. The molecule has 2 aliphatic heterocycles. The number of hydrogen-bond acceptors (Lipinski definition) is 4. The minimum absolute atomic E-state index is 0.0233. The van der Waals surface area contributed by atoms with Gasteiger partial charge in [-0.2, -0.15) is 5.10 Å². The number of aliphatic hydroxyl groups excluding tert-OH is 1. The Kier molecular flexibility index (Phi) is 3.94. The van der Waals surface area contributed by atoms with Crippen LogP contribution >= 0.6 is 0 Å². The highest BCUT2D eigenvalue weighted by Crippen LogP contribution is 2.42. The molecule has 2 aliphatic rings. The number of carbonyl (C=O) groups is 1. The lowest BCUT2D eigenvalue weighted by molar-refractivity contribution is -0.122. The Balaban J connectivity index is 1.46. The summed E-state index contributed by atoms with van der Waals surface area (Å²) >= 11 is 0. The van der Waals surface area contributed by atoms with Crippen LogP contribution in [0.25, 0.3) is 11.1 Å². The molecule has 6 nitrogen and oxygen atoms in total. The maximum absolute atomic E-state index is 13.5. The summed E-state index contributed by atoms with van der Waals surface area (Å²) in [5.74, 6) is -0.112. The van der Waals surface area contributed by atoms with Crippen LogP contribution in [0.2, 0.25) is 0 Å². The predicted molar refractivity (Wildman–Crippen MR) is 108 cm³/mol. The van der Waals surface area contributed by atoms with E-state index < -0.39 is 5.54 Å². The first-order valence-corrected chi connectivity index (χ1v) is 9.59. The van der Waals surface area contributed by atoms with Crippen LogP contribution in [0.1, 0.15) is 12.0 Å². The fourth-order valence-electron chi connectivity index (χ4n) is 4.51. The number of amides is 1. The first-order valence-electron chi connectivity index (χ1n) is 9.59. The van der Waals surface area contributed by atoms with E-state index in [1.165, 1.54) is 5.56 Å². The number of aromatic amines is 1. The summed E-state index contributed by atoms with van der Waals surface area (Å²) in [6, 6.07) is 16.0. The lowest BCUT2D eigenvalue weighted by atomic mass is 9.78. The van der Waals surface area contributed by atoms with E-state index in [2.05, 4.69) is 21.6 Å². The van der Waals surface area contributed by atoms with Gasteiger partial charge in [0.25, 0.3) is 5.91 Å². The third-order valence-electron chi connectivity index (χ3n) is 6.12. The number of anilines is 2. The van der Waals surface area contributed by atoms with E-state index in [1.807, 2.05) is 48.7 Å². The molecule has 6 heteroatoms. The molecule has 5 rings (SSSR count). The number of nitrogens with one attached hydrogen (secondary N) is 2. The predicted octanol–water partition coefficient (Wildman–Crippen LogP) is 2.83. The largest absolute Gasteiger partial charge is 0.396 e. The van der Waals surface area contributed by atoms with Crippen LogP contribution in [0.15, 0.2) is 60.9 Å². The van der Waals surface area contributed by atoms with Crippen molar-refractivity contribution >= 4 is 17.3 Å². The fraction of sp³-hybridized carbons (Fsp3) is 0.273. The SMILES string of the molecule is O=C1N(c2ccc(-c3cn[nH]c3)cc2)CC(CO)C12CCc1ccccc1N2. The van der Waals surface area contributed by atoms with Gasteiger partial charge in [0.05, 0.1) is 12.8 Å². The molecule has 0 aliphatic carbocycles. The number of H-pyrrole nitrogens is 1. The van der Waals surface area contributed by atoms with Gasteiger partial charge in [-0.05, 0) is 42.2 Å². The number of fused-ring (bicyclic) bond motifs is 1. The molecule has 3 heterocycles. The Bertz CT molecular complexity index is 1000. The third kappa shape index (κ3) is 2.52. The average Bonchev–Trinajstić information content (AvgIpc) is 3.36. The summed E-state index contributed by atoms with van der Waals surface area (Å²) in [4.78, 5) is 15.3. The zero-order valence-corrected chi connectivity index (χ0v) is 15.4. The zero-order chi connectivity index (χ0) is 19.1. The van der Waals surface area contributed by atoms with Crippen LogP contribution in [0.4, 0.5) is 11.4 Å². The molecule has 3 N–H and O–H groups in total. The molecule has 2 aromatic carbocycles. The maximum atomic E-state index is 13.5. The van der Waals surface area contributed by atoms with Gasteiger partial charge < -0.3 is 15.3 Å². The molecular formula is C22H22N4O2. The van der Waals surface area contributed by atoms with Crippen molar-refractivity contribution in [3.8, 4) is 11.1 Å². The van der Waals surface area contributed by atoms with E-state index in [9.17, 15) is 9.90 Å². The second-order valence-corrected chi connectivity index (χ2v) is 7.58. The fourth-order valence-corrected chi connectivity index (χ4v) is 4.51. The topological polar surface area (TPSA) is 81.2 Å². The number of aromatic nitrogens is 2. The number of benzene rings is 2. The summed E-state index contributed by atoms with van der Waals surface area (Å²) < 4.78 is 0. The van der Waals surface area contributed by atoms with Gasteiger partial charge in [-0.1, -0.05) is 30.3 Å². The molecule has 1 fully saturated rings. The highest BCUT2D eigenvalue weighted by Gasteiger charge is 2.55. The van der Waals surface area contributed by atoms with E-state index in [0.29, 0.717) is 13.0 Å². The number of rotatable bonds is 3. The Morgan fingerprint density at radius 3 is 2.71 bits per heavy atom. The van der Waals surface area contributed by atoms with E-state index >= 15 is 0 Å². The molecule has 1 saturated heterocycles. The Labute approximate surface area is 163 Å². The molecule has 1 spiro atoms. The Morgan fingerprint density at radius 1 is 1.14 bits per heavy atom. The van der Waals surface area contributed by atoms with Gasteiger partial charge in [-0.3, -0.25) is 9.89 Å². The molecule has 0 radical (unpaired) electrons. The highest BCUT2D eigenvalue weighted by atomic mass is 16.3. The van der Waals surface area contributed by atoms with Gasteiger partial charge >= 0.3 is 0 Å². The molecule has 28 heavy (non-hydrogen) atoms. The lowest BCUT2D eigenvalue weighted by Crippen LogP contribution is -2.53. The van der Waals surface area contributed by atoms with E-state index in [0.717, 1.165) is 28.9 Å². The summed E-state index contributed by atoms with van der Waals surface area (Å²) in [5, 5.41) is 20.3. The van der Waals surface area contributed by atoms with Crippen LogP contribution in [0.3, 0.4) is 0 Å². The van der Waals surface area contributed by atoms with Crippen molar-refractivity contribution in [2.75, 3.05) is 23.4 Å². The van der Waals surface area contributed by atoms with E-state index in [-0.39, 0.29) is 18.4 Å². The second-order valence-electron chi connectivity index (χ2n) is 7.58. The quantitative estimate of drug-likeness (QED) is 0.659. The minimum Gasteiger partial charge on any atom is -0.396 e. The number of nitrogens with zero attached hydrogens (tertiary/aromatic N) is 2. The van der Waals surface area contributed by atoms with Crippen LogP contribution in [0, 0.1) is 5.92 Å². The molecule has 0 bridgehead atoms. The highest BCUT2D eigenvalue weighted by molar-refractivity contribution is 6.05. The molecule has 1 aromatic heterocycles. The molecular weight excluding hydrogens is 352 g/mol. The van der Waals surface area contributed by atoms with Crippen molar-refractivity contribution in [1.29, 1.82) is 0 Å². The smallest absolute Gasteiger partial charge is 0.253 e. The van der Waals surface area contributed by atoms with Crippen molar-refractivity contribution in [3.63, 3.8) is 0 Å². The minimum atomic E-state index is -0.744. The average molecular weight is 374 g/mol. The van der Waals surface area contributed by atoms with Gasteiger partial charge in [0.2, 0.25) is 0 Å². The Hall–Kier alpha value is -3.12. The van der Waals surface area contributed by atoms with Crippen LogP contribution in [-0.4, -0.2) is 39.9 Å². The molecule has 1 amide bonds. The summed E-state index contributed by atoms with van der Waals surface area (Å²) in [7, 11) is 0. The second kappa shape index (κ2) is 6.49. The van der Waals surface area contributed by atoms with Gasteiger partial charge in [0.15, 0.2) is 0 Å². The number of aryl methyl sites for hydroxylation is 1. The standard InChI is InChI=1S/C22H22N4O2/c27-14-18-13-26(19-7-5-15(6-8-19)17-11-23-24-12-17)21(28)22(18)10-9-16-3-1-2-4-20(16)25-22/h1-8,11-12,18,25,27H,9-10,13-14H2,(H,23,24). The van der Waals surface area contributed by atoms with E-state index in [1.54, 1.807) is 11.1 Å². The van der Waals surface area contributed by atoms with Crippen molar-refractivity contribution in [2.45, 2.75) is 18.4 Å². The van der Waals surface area contributed by atoms with Crippen LogP contribution in [0.5, 0.6) is 0 Å². The van der Waals surface area contributed by atoms with Crippen molar-refractivity contribution in [1.82, 2.24) is 10.2 Å². The van der Waals surface area contributed by atoms with Crippen molar-refractivity contribution < 1.29 is 9.90 Å². The summed E-state index contributed by atoms with van der Waals surface area (Å²) in [6.45, 7) is 0.486. The van der Waals surface area contributed by atoms with Crippen molar-refractivity contribution in [2.24, 2.45) is 5.92 Å². The van der Waals surface area contributed by atoms with Crippen LogP contribution in [-0.2, 0) is 11.2 Å². The normalized spacial score (nSPS) is 23.7. The van der Waals surface area contributed by atoms with Gasteiger partial charge in [-0.15, -0.1) is 0 Å². The van der Waals surface area contributed by atoms with Gasteiger partial charge in [-0.25, -0.2) is 0 Å². The zero-order valence-electron chi connectivity index (χ0n) is 15.4. The Morgan fingerprint density at radius 2 is 1.96 bits per heavy atom. The number of aliphatic hydroxyl groups is 1. The van der Waals surface area contributed by atoms with Crippen LogP contribution < -0.4 is 10.2 Å². The van der Waals surface area contributed by atoms with Gasteiger partial charge in [0, 0.05) is 35.6 Å². The number of para-hydroxylation sites is 1. The number of hydrogen-bond donors (Lipinski definition) is 3. The summed E-state index contributed by atoms with van der Waals surface area (Å²) in [5.41, 5.74) is 4.38. The maximum Gasteiger partial charge on any atom is 0.253 e. The third-order valence-corrected chi connectivity index (χ3v) is 6.12. The first kappa shape index (κ1) is 17.0. The van der Waals surface area contributed by atoms with E-state index in [4.69, 9.17) is 0 Å². The lowest BCUT2D eigenvalue weighted by Gasteiger charge is -2.38. The molecule has 0 saturated carbocycles. The first-order chi connectivity index (χ1) is 13.7. The molecule has 2 unspecified atom stereocenters. The van der Waals surface area contributed by atoms with Crippen molar-refractivity contribution in [3.05, 3.63) is 66.5 Å². The molecule has 3 aromatic rings. The summed E-state index contributed by atoms with van der Waals surface area (Å²) in [6.07, 6.45) is 5.14. The number of carbonyl (C=O) groups excluding carboxylic acids is 1. The molecule has 142 valence electrons.